The first-order valence-corrected chi connectivity index (χ1v) is 11.4. The van der Waals surface area contributed by atoms with Crippen molar-refractivity contribution in [2.45, 2.75) is 31.1 Å². The quantitative estimate of drug-likeness (QED) is 0.611. The number of amides is 1. The number of nitrogens with one attached hydrogen (secondary N) is 2. The highest BCUT2D eigenvalue weighted by Crippen LogP contribution is 2.31. The fraction of sp³-hybridized carbons (Fsp3) is 0.300. The van der Waals surface area contributed by atoms with Crippen LogP contribution in [0.15, 0.2) is 45.8 Å². The third kappa shape index (κ3) is 4.08. The maximum atomic E-state index is 12.9. The highest BCUT2D eigenvalue weighted by Gasteiger charge is 2.27. The summed E-state index contributed by atoms with van der Waals surface area (Å²) >= 11 is 5.93. The largest absolute Gasteiger partial charge is 0.458 e. The summed E-state index contributed by atoms with van der Waals surface area (Å²) in [6.45, 7) is 2.95. The van der Waals surface area contributed by atoms with Gasteiger partial charge in [0.25, 0.3) is 15.9 Å². The molecule has 0 bridgehead atoms. The van der Waals surface area contributed by atoms with Gasteiger partial charge >= 0.3 is 0 Å². The molecule has 1 fully saturated rings. The lowest BCUT2D eigenvalue weighted by molar-refractivity contribution is 0.0725. The standard InChI is InChI=1S/C20H21ClN4O4S/c1-13-18(30(27,28)24-15-7-5-6-14(21)10-15)11-17(29-13)19-16(12-22-23-19)20(26)25-8-3-2-4-9-25/h5-7,10-12,24H,2-4,8-9H2,1H3,(H,22,23). The van der Waals surface area contributed by atoms with E-state index in [4.69, 9.17) is 16.0 Å². The Balaban J connectivity index is 1.63. The first-order valence-electron chi connectivity index (χ1n) is 9.57. The Bertz CT molecular complexity index is 1180. The lowest BCUT2D eigenvalue weighted by atomic mass is 10.1. The first-order chi connectivity index (χ1) is 14.3. The van der Waals surface area contributed by atoms with E-state index < -0.39 is 10.0 Å². The number of likely N-dealkylation sites (tertiary alicyclic amines) is 1. The molecule has 158 valence electrons. The van der Waals surface area contributed by atoms with Crippen LogP contribution < -0.4 is 4.72 Å². The van der Waals surface area contributed by atoms with Crippen molar-refractivity contribution in [2.24, 2.45) is 0 Å². The van der Waals surface area contributed by atoms with Crippen LogP contribution in [0.4, 0.5) is 5.69 Å². The summed E-state index contributed by atoms with van der Waals surface area (Å²) in [6, 6.07) is 7.81. The zero-order valence-electron chi connectivity index (χ0n) is 16.3. The summed E-state index contributed by atoms with van der Waals surface area (Å²) in [5, 5.41) is 7.16. The number of halogens is 1. The zero-order chi connectivity index (χ0) is 21.3. The highest BCUT2D eigenvalue weighted by atomic mass is 35.5. The van der Waals surface area contributed by atoms with Crippen molar-refractivity contribution < 1.29 is 17.6 Å². The highest BCUT2D eigenvalue weighted by molar-refractivity contribution is 7.92. The summed E-state index contributed by atoms with van der Waals surface area (Å²) in [5.41, 5.74) is 1.06. The van der Waals surface area contributed by atoms with Gasteiger partial charge in [0.1, 0.15) is 16.3 Å². The SMILES string of the molecule is Cc1oc(-c2[nH]ncc2C(=O)N2CCCCC2)cc1S(=O)(=O)Nc1cccc(Cl)c1. The number of piperidine rings is 1. The molecule has 1 aromatic carbocycles. The number of hydrogen-bond acceptors (Lipinski definition) is 5. The molecule has 3 heterocycles. The van der Waals surface area contributed by atoms with Crippen LogP contribution in [-0.2, 0) is 10.0 Å². The Kier molecular flexibility index (Phi) is 5.57. The monoisotopic (exact) mass is 448 g/mol. The Labute approximate surface area is 179 Å². The molecule has 1 aliphatic rings. The molecule has 0 unspecified atom stereocenters. The van der Waals surface area contributed by atoms with Crippen molar-refractivity contribution in [1.82, 2.24) is 15.1 Å². The van der Waals surface area contributed by atoms with Crippen molar-refractivity contribution in [3.8, 4) is 11.5 Å². The van der Waals surface area contributed by atoms with Crippen molar-refractivity contribution in [1.29, 1.82) is 0 Å². The Morgan fingerprint density at radius 1 is 1.23 bits per heavy atom. The van der Waals surface area contributed by atoms with Crippen LogP contribution >= 0.6 is 11.6 Å². The van der Waals surface area contributed by atoms with Crippen LogP contribution in [0.25, 0.3) is 11.5 Å². The number of nitrogens with zero attached hydrogens (tertiary/aromatic N) is 2. The minimum absolute atomic E-state index is 0.0246. The topological polar surface area (TPSA) is 108 Å². The number of carbonyl (C=O) groups is 1. The van der Waals surface area contributed by atoms with Gasteiger partial charge < -0.3 is 9.32 Å². The fourth-order valence-corrected chi connectivity index (χ4v) is 4.94. The predicted molar refractivity (Wildman–Crippen MR) is 113 cm³/mol. The Hall–Kier alpha value is -2.78. The molecular formula is C20H21ClN4O4S. The number of H-pyrrole nitrogens is 1. The molecule has 0 aliphatic carbocycles. The third-order valence-electron chi connectivity index (χ3n) is 5.00. The fourth-order valence-electron chi connectivity index (χ4n) is 3.52. The number of carbonyl (C=O) groups excluding carboxylic acids is 1. The van der Waals surface area contributed by atoms with Crippen LogP contribution in [0.5, 0.6) is 0 Å². The second kappa shape index (κ2) is 8.16. The molecule has 30 heavy (non-hydrogen) atoms. The molecule has 2 aromatic heterocycles. The molecule has 3 aromatic rings. The van der Waals surface area contributed by atoms with Gasteiger partial charge in [0.2, 0.25) is 0 Å². The Morgan fingerprint density at radius 2 is 2.00 bits per heavy atom. The van der Waals surface area contributed by atoms with Gasteiger partial charge in [-0.2, -0.15) is 5.10 Å². The van der Waals surface area contributed by atoms with Crippen LogP contribution in [0.1, 0.15) is 35.4 Å². The maximum Gasteiger partial charge on any atom is 0.265 e. The van der Waals surface area contributed by atoms with Crippen molar-refractivity contribution in [2.75, 3.05) is 17.8 Å². The summed E-state index contributed by atoms with van der Waals surface area (Å²) in [5.74, 6) is 0.288. The molecule has 0 atom stereocenters. The number of aromatic amines is 1. The summed E-state index contributed by atoms with van der Waals surface area (Å²) in [6.07, 6.45) is 4.50. The lowest BCUT2D eigenvalue weighted by Crippen LogP contribution is -2.35. The predicted octanol–water partition coefficient (Wildman–Crippen LogP) is 4.06. The molecule has 10 heteroatoms. The summed E-state index contributed by atoms with van der Waals surface area (Å²) < 4.78 is 33.9. The van der Waals surface area contributed by atoms with Gasteiger partial charge in [0, 0.05) is 24.2 Å². The van der Waals surface area contributed by atoms with E-state index >= 15 is 0 Å². The van der Waals surface area contributed by atoms with Crippen molar-refractivity contribution in [3.05, 3.63) is 52.9 Å². The molecule has 8 nitrogen and oxygen atoms in total. The average Bonchev–Trinajstić information content (AvgIpc) is 3.34. The molecule has 0 saturated carbocycles. The zero-order valence-corrected chi connectivity index (χ0v) is 17.9. The molecule has 4 rings (SSSR count). The second-order valence-corrected chi connectivity index (χ2v) is 9.25. The van der Waals surface area contributed by atoms with Gasteiger partial charge in [-0.25, -0.2) is 8.42 Å². The molecule has 0 radical (unpaired) electrons. The summed E-state index contributed by atoms with van der Waals surface area (Å²) in [7, 11) is -3.92. The van der Waals surface area contributed by atoms with Crippen LogP contribution in [0.2, 0.25) is 5.02 Å². The van der Waals surface area contributed by atoms with E-state index in [-0.39, 0.29) is 22.3 Å². The molecule has 2 N–H and O–H groups in total. The van der Waals surface area contributed by atoms with Crippen LogP contribution in [0.3, 0.4) is 0 Å². The normalized spacial score (nSPS) is 14.7. The van der Waals surface area contributed by atoms with Gasteiger partial charge in [0.05, 0.1) is 17.4 Å². The minimum Gasteiger partial charge on any atom is -0.458 e. The van der Waals surface area contributed by atoms with E-state index in [0.29, 0.717) is 35.1 Å². The van der Waals surface area contributed by atoms with E-state index in [0.717, 1.165) is 19.3 Å². The molecule has 1 aliphatic heterocycles. The van der Waals surface area contributed by atoms with Gasteiger partial charge in [-0.05, 0) is 44.4 Å². The average molecular weight is 449 g/mol. The second-order valence-electron chi connectivity index (χ2n) is 7.16. The minimum atomic E-state index is -3.92. The van der Waals surface area contributed by atoms with E-state index in [9.17, 15) is 13.2 Å². The third-order valence-corrected chi connectivity index (χ3v) is 6.72. The Morgan fingerprint density at radius 3 is 2.73 bits per heavy atom. The molecule has 1 saturated heterocycles. The van der Waals surface area contributed by atoms with E-state index in [1.807, 2.05) is 0 Å². The van der Waals surface area contributed by atoms with E-state index in [2.05, 4.69) is 14.9 Å². The van der Waals surface area contributed by atoms with E-state index in [1.165, 1.54) is 18.3 Å². The lowest BCUT2D eigenvalue weighted by Gasteiger charge is -2.26. The number of furan rings is 1. The van der Waals surface area contributed by atoms with Crippen LogP contribution in [-0.4, -0.2) is 42.5 Å². The molecular weight excluding hydrogens is 428 g/mol. The van der Waals surface area contributed by atoms with E-state index in [1.54, 1.807) is 30.0 Å². The number of rotatable bonds is 5. The number of sulfonamides is 1. The molecule has 0 spiro atoms. The maximum absolute atomic E-state index is 12.9. The number of anilines is 1. The van der Waals surface area contributed by atoms with Crippen molar-refractivity contribution >= 4 is 33.2 Å². The molecule has 1 amide bonds. The van der Waals surface area contributed by atoms with Crippen molar-refractivity contribution in [3.63, 3.8) is 0 Å². The van der Waals surface area contributed by atoms with Gasteiger partial charge in [0.15, 0.2) is 5.76 Å². The van der Waals surface area contributed by atoms with Gasteiger partial charge in [-0.1, -0.05) is 17.7 Å². The number of aromatic nitrogens is 2. The number of hydrogen-bond donors (Lipinski definition) is 2. The number of aryl methyl sites for hydroxylation is 1. The smallest absolute Gasteiger partial charge is 0.265 e. The van der Waals surface area contributed by atoms with Crippen LogP contribution in [0, 0.1) is 6.92 Å². The number of benzene rings is 1. The van der Waals surface area contributed by atoms with Gasteiger partial charge in [-0.15, -0.1) is 0 Å². The van der Waals surface area contributed by atoms with Gasteiger partial charge in [-0.3, -0.25) is 14.6 Å². The first kappa shape index (κ1) is 20.5. The summed E-state index contributed by atoms with van der Waals surface area (Å²) in [4.78, 5) is 14.7.